The van der Waals surface area contributed by atoms with E-state index >= 15 is 0 Å². The SMILES string of the molecule is COC(=O)c1cc(CNS(=O)(=O)c2ccc(Cl)c(Cl)c2)ccc1OC. The van der Waals surface area contributed by atoms with Crippen LogP contribution in [0.3, 0.4) is 0 Å². The number of hydrogen-bond donors (Lipinski definition) is 1. The summed E-state index contributed by atoms with van der Waals surface area (Å²) in [7, 11) is -1.12. The van der Waals surface area contributed by atoms with Gasteiger partial charge in [0.05, 0.1) is 29.2 Å². The normalized spacial score (nSPS) is 11.2. The molecule has 25 heavy (non-hydrogen) atoms. The fourth-order valence-electron chi connectivity index (χ4n) is 2.04. The van der Waals surface area contributed by atoms with E-state index in [-0.39, 0.29) is 27.0 Å². The fourth-order valence-corrected chi connectivity index (χ4v) is 3.45. The number of methoxy groups -OCH3 is 2. The minimum atomic E-state index is -3.79. The van der Waals surface area contributed by atoms with Crippen LogP contribution in [0.2, 0.25) is 10.0 Å². The first-order valence-corrected chi connectivity index (χ1v) is 9.22. The van der Waals surface area contributed by atoms with Crippen molar-refractivity contribution in [3.05, 3.63) is 57.6 Å². The van der Waals surface area contributed by atoms with E-state index in [0.29, 0.717) is 11.3 Å². The Kier molecular flexibility index (Phi) is 6.29. The third kappa shape index (κ3) is 4.64. The second-order valence-electron chi connectivity index (χ2n) is 4.93. The Morgan fingerprint density at radius 2 is 1.80 bits per heavy atom. The Balaban J connectivity index is 2.22. The van der Waals surface area contributed by atoms with Crippen molar-refractivity contribution in [2.24, 2.45) is 0 Å². The van der Waals surface area contributed by atoms with Gasteiger partial charge in [-0.3, -0.25) is 0 Å². The molecule has 2 aromatic carbocycles. The molecule has 0 aromatic heterocycles. The van der Waals surface area contributed by atoms with Gasteiger partial charge in [0.15, 0.2) is 0 Å². The minimum Gasteiger partial charge on any atom is -0.496 e. The third-order valence-electron chi connectivity index (χ3n) is 3.34. The number of halogens is 2. The van der Waals surface area contributed by atoms with Crippen LogP contribution in [-0.4, -0.2) is 28.6 Å². The van der Waals surface area contributed by atoms with Crippen LogP contribution in [0.25, 0.3) is 0 Å². The molecular weight excluding hydrogens is 389 g/mol. The standard InChI is InChI=1S/C16H15Cl2NO5S/c1-23-15-6-3-10(7-12(15)16(20)24-2)9-19-25(21,22)11-4-5-13(17)14(18)8-11/h3-8,19H,9H2,1-2H3. The highest BCUT2D eigenvalue weighted by Crippen LogP contribution is 2.25. The molecule has 6 nitrogen and oxygen atoms in total. The molecule has 0 aliphatic rings. The van der Waals surface area contributed by atoms with E-state index in [1.54, 1.807) is 12.1 Å². The molecule has 0 spiro atoms. The molecule has 0 saturated carbocycles. The van der Waals surface area contributed by atoms with Crippen molar-refractivity contribution in [2.75, 3.05) is 14.2 Å². The van der Waals surface area contributed by atoms with Gasteiger partial charge in [0.25, 0.3) is 0 Å². The predicted octanol–water partition coefficient (Wildman–Crippen LogP) is 3.27. The number of nitrogens with one attached hydrogen (secondary N) is 1. The lowest BCUT2D eigenvalue weighted by atomic mass is 10.1. The Labute approximate surface area is 155 Å². The fraction of sp³-hybridized carbons (Fsp3) is 0.188. The van der Waals surface area contributed by atoms with Gasteiger partial charge in [-0.2, -0.15) is 0 Å². The number of carbonyl (C=O) groups excluding carboxylic acids is 1. The van der Waals surface area contributed by atoms with Crippen LogP contribution in [0, 0.1) is 0 Å². The van der Waals surface area contributed by atoms with Crippen LogP contribution in [-0.2, 0) is 21.3 Å². The molecule has 0 aliphatic heterocycles. The van der Waals surface area contributed by atoms with E-state index < -0.39 is 16.0 Å². The quantitative estimate of drug-likeness (QED) is 0.748. The average molecular weight is 404 g/mol. The molecule has 0 fully saturated rings. The molecule has 0 atom stereocenters. The number of benzene rings is 2. The Hall–Kier alpha value is -1.80. The molecule has 0 radical (unpaired) electrons. The first-order valence-electron chi connectivity index (χ1n) is 6.98. The van der Waals surface area contributed by atoms with Crippen LogP contribution in [0.1, 0.15) is 15.9 Å². The maximum Gasteiger partial charge on any atom is 0.341 e. The van der Waals surface area contributed by atoms with Gasteiger partial charge in [-0.15, -0.1) is 0 Å². The van der Waals surface area contributed by atoms with Crippen LogP contribution >= 0.6 is 23.2 Å². The molecule has 0 amide bonds. The Morgan fingerprint density at radius 3 is 2.40 bits per heavy atom. The summed E-state index contributed by atoms with van der Waals surface area (Å²) in [4.78, 5) is 11.8. The van der Waals surface area contributed by atoms with Gasteiger partial charge >= 0.3 is 5.97 Å². The Bertz CT molecular complexity index is 899. The molecule has 9 heteroatoms. The first kappa shape index (κ1) is 19.5. The molecule has 0 saturated heterocycles. The lowest BCUT2D eigenvalue weighted by Gasteiger charge is -2.11. The molecule has 2 rings (SSSR count). The van der Waals surface area contributed by atoms with E-state index in [1.807, 2.05) is 0 Å². The average Bonchev–Trinajstić information content (AvgIpc) is 2.61. The number of ether oxygens (including phenoxy) is 2. The maximum absolute atomic E-state index is 12.3. The van der Waals surface area contributed by atoms with E-state index in [1.165, 1.54) is 38.5 Å². The number of hydrogen-bond acceptors (Lipinski definition) is 5. The van der Waals surface area contributed by atoms with Crippen molar-refractivity contribution in [2.45, 2.75) is 11.4 Å². The predicted molar refractivity (Wildman–Crippen MR) is 94.8 cm³/mol. The van der Waals surface area contributed by atoms with Crippen LogP contribution in [0.15, 0.2) is 41.3 Å². The third-order valence-corrected chi connectivity index (χ3v) is 5.47. The zero-order valence-corrected chi connectivity index (χ0v) is 15.7. The van der Waals surface area contributed by atoms with Crippen molar-refractivity contribution < 1.29 is 22.7 Å². The number of rotatable bonds is 6. The van der Waals surface area contributed by atoms with E-state index in [4.69, 9.17) is 27.9 Å². The first-order chi connectivity index (χ1) is 11.8. The van der Waals surface area contributed by atoms with Gasteiger partial charge in [0.1, 0.15) is 11.3 Å². The zero-order chi connectivity index (χ0) is 18.6. The molecule has 134 valence electrons. The van der Waals surface area contributed by atoms with E-state index in [9.17, 15) is 13.2 Å². The van der Waals surface area contributed by atoms with Gasteiger partial charge in [-0.25, -0.2) is 17.9 Å². The number of esters is 1. The molecule has 2 aromatic rings. The minimum absolute atomic E-state index is 0.0106. The lowest BCUT2D eigenvalue weighted by Crippen LogP contribution is -2.23. The molecule has 0 heterocycles. The number of sulfonamides is 1. The summed E-state index contributed by atoms with van der Waals surface area (Å²) in [6.45, 7) is -0.0312. The zero-order valence-electron chi connectivity index (χ0n) is 13.4. The molecule has 1 N–H and O–H groups in total. The van der Waals surface area contributed by atoms with Crippen LogP contribution in [0.5, 0.6) is 5.75 Å². The van der Waals surface area contributed by atoms with Crippen molar-refractivity contribution >= 4 is 39.2 Å². The van der Waals surface area contributed by atoms with Crippen LogP contribution in [0.4, 0.5) is 0 Å². The second-order valence-corrected chi connectivity index (χ2v) is 7.51. The van der Waals surface area contributed by atoms with Gasteiger partial charge < -0.3 is 9.47 Å². The smallest absolute Gasteiger partial charge is 0.341 e. The summed E-state index contributed by atoms with van der Waals surface area (Å²) in [5.74, 6) is -0.242. The van der Waals surface area contributed by atoms with Crippen molar-refractivity contribution in [3.8, 4) is 5.75 Å². The summed E-state index contributed by atoms with van der Waals surface area (Å²) >= 11 is 11.6. The number of carbonyl (C=O) groups is 1. The highest BCUT2D eigenvalue weighted by atomic mass is 35.5. The molecular formula is C16H15Cl2NO5S. The topological polar surface area (TPSA) is 81.7 Å². The van der Waals surface area contributed by atoms with Crippen LogP contribution < -0.4 is 9.46 Å². The van der Waals surface area contributed by atoms with E-state index in [2.05, 4.69) is 9.46 Å². The maximum atomic E-state index is 12.3. The van der Waals surface area contributed by atoms with Crippen molar-refractivity contribution in [1.29, 1.82) is 0 Å². The molecule has 0 unspecified atom stereocenters. The summed E-state index contributed by atoms with van der Waals surface area (Å²) in [6.07, 6.45) is 0. The summed E-state index contributed by atoms with van der Waals surface area (Å²) in [5.41, 5.74) is 0.765. The largest absolute Gasteiger partial charge is 0.496 e. The van der Waals surface area contributed by atoms with E-state index in [0.717, 1.165) is 0 Å². The van der Waals surface area contributed by atoms with Crippen molar-refractivity contribution in [3.63, 3.8) is 0 Å². The highest BCUT2D eigenvalue weighted by molar-refractivity contribution is 7.89. The molecule has 0 aliphatic carbocycles. The highest BCUT2D eigenvalue weighted by Gasteiger charge is 2.17. The summed E-state index contributed by atoms with van der Waals surface area (Å²) < 4.78 is 36.9. The Morgan fingerprint density at radius 1 is 1.08 bits per heavy atom. The van der Waals surface area contributed by atoms with Gasteiger partial charge in [0, 0.05) is 6.54 Å². The summed E-state index contributed by atoms with van der Waals surface area (Å²) in [6, 6.07) is 8.73. The van der Waals surface area contributed by atoms with Gasteiger partial charge in [-0.05, 0) is 35.9 Å². The second kappa shape index (κ2) is 8.05. The van der Waals surface area contributed by atoms with Gasteiger partial charge in [0.2, 0.25) is 10.0 Å². The van der Waals surface area contributed by atoms with Crippen molar-refractivity contribution in [1.82, 2.24) is 4.72 Å². The summed E-state index contributed by atoms with van der Waals surface area (Å²) in [5, 5.41) is 0.403. The van der Waals surface area contributed by atoms with Gasteiger partial charge in [-0.1, -0.05) is 29.3 Å². The molecule has 0 bridgehead atoms. The lowest BCUT2D eigenvalue weighted by molar-refractivity contribution is 0.0597. The monoisotopic (exact) mass is 403 g/mol.